The Hall–Kier alpha value is -0.890. The van der Waals surface area contributed by atoms with Gasteiger partial charge in [0.15, 0.2) is 0 Å². The number of rotatable bonds is 4. The lowest BCUT2D eigenvalue weighted by Crippen LogP contribution is -2.40. The van der Waals surface area contributed by atoms with Gasteiger partial charge in [0.2, 0.25) is 5.91 Å². The second kappa shape index (κ2) is 7.39. The van der Waals surface area contributed by atoms with Crippen LogP contribution < -0.4 is 4.72 Å². The molecule has 7 heteroatoms. The number of aromatic nitrogens is 1. The number of benzene rings is 1. The Bertz CT molecular complexity index is 798. The molecule has 0 saturated heterocycles. The van der Waals surface area contributed by atoms with E-state index in [1.54, 1.807) is 16.8 Å². The highest BCUT2D eigenvalue weighted by molar-refractivity contribution is 9.10. The molecule has 0 saturated carbocycles. The van der Waals surface area contributed by atoms with E-state index in [1.165, 1.54) is 6.07 Å². The maximum absolute atomic E-state index is 14.1. The van der Waals surface area contributed by atoms with Crippen molar-refractivity contribution in [1.29, 1.82) is 0 Å². The standard InChI is InChI=1S/C18H24BrFN2O2S/c1-10(2)17(23)22-9-13(11(3)21-25(24)18(4,5)6)12-7-15(20)14(19)8-16(12)22/h7-11,21H,1-6H3/t11-,25+/m1/s1. The van der Waals surface area contributed by atoms with Crippen LogP contribution in [0.5, 0.6) is 0 Å². The molecule has 0 aliphatic heterocycles. The Balaban J connectivity index is 2.56. The quantitative estimate of drug-likeness (QED) is 0.697. The van der Waals surface area contributed by atoms with Crippen molar-refractivity contribution in [3.8, 4) is 0 Å². The van der Waals surface area contributed by atoms with Crippen molar-refractivity contribution in [2.45, 2.75) is 52.3 Å². The van der Waals surface area contributed by atoms with Crippen LogP contribution in [0.25, 0.3) is 10.9 Å². The number of fused-ring (bicyclic) bond motifs is 1. The summed E-state index contributed by atoms with van der Waals surface area (Å²) in [5.74, 6) is -0.661. The summed E-state index contributed by atoms with van der Waals surface area (Å²) in [7, 11) is 0. The van der Waals surface area contributed by atoms with Gasteiger partial charge in [0, 0.05) is 28.9 Å². The van der Waals surface area contributed by atoms with E-state index in [4.69, 9.17) is 0 Å². The van der Waals surface area contributed by atoms with Crippen molar-refractivity contribution in [2.24, 2.45) is 5.92 Å². The summed E-state index contributed by atoms with van der Waals surface area (Å²) in [5, 5.41) is 0.639. The summed E-state index contributed by atoms with van der Waals surface area (Å²) >= 11 is 1.91. The van der Waals surface area contributed by atoms with E-state index >= 15 is 0 Å². The predicted molar refractivity (Wildman–Crippen MR) is 105 cm³/mol. The van der Waals surface area contributed by atoms with Crippen LogP contribution in [0, 0.1) is 11.7 Å². The maximum Gasteiger partial charge on any atom is 0.233 e. The molecule has 0 aliphatic carbocycles. The second-order valence-electron chi connectivity index (χ2n) is 7.45. The minimum absolute atomic E-state index is 0.0705. The molecule has 2 atom stereocenters. The van der Waals surface area contributed by atoms with Gasteiger partial charge >= 0.3 is 0 Å². The van der Waals surface area contributed by atoms with Crippen molar-refractivity contribution >= 4 is 44.1 Å². The third-order valence-electron chi connectivity index (χ3n) is 3.92. The number of hydrogen-bond donors (Lipinski definition) is 1. The lowest BCUT2D eigenvalue weighted by molar-refractivity contribution is 0.0860. The summed E-state index contributed by atoms with van der Waals surface area (Å²) in [5.41, 5.74) is 1.38. The molecule has 0 unspecified atom stereocenters. The minimum atomic E-state index is -1.28. The van der Waals surface area contributed by atoms with E-state index in [0.29, 0.717) is 15.4 Å². The van der Waals surface area contributed by atoms with Crippen LogP contribution in [0.2, 0.25) is 0 Å². The van der Waals surface area contributed by atoms with Crippen LogP contribution >= 0.6 is 15.9 Å². The largest absolute Gasteiger partial charge is 0.598 e. The highest BCUT2D eigenvalue weighted by Gasteiger charge is 2.30. The molecule has 0 spiro atoms. The molecule has 4 nitrogen and oxygen atoms in total. The normalized spacial score (nSPS) is 15.0. The first-order chi connectivity index (χ1) is 11.4. The Kier molecular flexibility index (Phi) is 6.03. The Morgan fingerprint density at radius 1 is 1.32 bits per heavy atom. The minimum Gasteiger partial charge on any atom is -0.598 e. The topological polar surface area (TPSA) is 57.1 Å². The fourth-order valence-electron chi connectivity index (χ4n) is 2.45. The van der Waals surface area contributed by atoms with Gasteiger partial charge in [-0.2, -0.15) is 0 Å². The van der Waals surface area contributed by atoms with Gasteiger partial charge in [-0.15, -0.1) is 4.72 Å². The van der Waals surface area contributed by atoms with Gasteiger partial charge < -0.3 is 4.55 Å². The number of carbonyl (C=O) groups is 1. The molecule has 0 radical (unpaired) electrons. The molecule has 138 valence electrons. The molecule has 1 aromatic carbocycles. The molecule has 2 rings (SSSR count). The molecular formula is C18H24BrFN2O2S. The average molecular weight is 431 g/mol. The highest BCUT2D eigenvalue weighted by atomic mass is 79.9. The van der Waals surface area contributed by atoms with Gasteiger partial charge in [0.1, 0.15) is 10.6 Å². The van der Waals surface area contributed by atoms with E-state index in [2.05, 4.69) is 20.7 Å². The summed E-state index contributed by atoms with van der Waals surface area (Å²) in [4.78, 5) is 12.5. The summed E-state index contributed by atoms with van der Waals surface area (Å²) in [6.07, 6.45) is 1.72. The summed E-state index contributed by atoms with van der Waals surface area (Å²) in [6.45, 7) is 11.1. The Labute approximate surface area is 159 Å². The molecule has 1 N–H and O–H groups in total. The first-order valence-corrected chi connectivity index (χ1v) is 10.1. The first kappa shape index (κ1) is 20.4. The fourth-order valence-corrected chi connectivity index (χ4v) is 3.58. The molecular weight excluding hydrogens is 407 g/mol. The zero-order valence-corrected chi connectivity index (χ0v) is 17.7. The molecule has 25 heavy (non-hydrogen) atoms. The SMILES string of the molecule is CC(C)C(=O)n1cc([C@@H](C)N[S@@+]([O-])C(C)(C)C)c2cc(F)c(Br)cc21. The fraction of sp³-hybridized carbons (Fsp3) is 0.500. The zero-order chi connectivity index (χ0) is 19.1. The van der Waals surface area contributed by atoms with Crippen LogP contribution in [0.1, 0.15) is 57.9 Å². The molecule has 2 aromatic rings. The van der Waals surface area contributed by atoms with Gasteiger partial charge in [0.05, 0.1) is 16.0 Å². The van der Waals surface area contributed by atoms with Crippen molar-refractivity contribution < 1.29 is 13.7 Å². The number of hydrogen-bond acceptors (Lipinski definition) is 3. The third-order valence-corrected chi connectivity index (χ3v) is 6.20. The van der Waals surface area contributed by atoms with E-state index in [9.17, 15) is 13.7 Å². The van der Waals surface area contributed by atoms with Crippen molar-refractivity contribution in [3.63, 3.8) is 0 Å². The van der Waals surface area contributed by atoms with Crippen LogP contribution in [0.15, 0.2) is 22.8 Å². The van der Waals surface area contributed by atoms with Gasteiger partial charge in [-0.3, -0.25) is 9.36 Å². The number of nitrogens with one attached hydrogen (secondary N) is 1. The molecule has 0 bridgehead atoms. The maximum atomic E-state index is 14.1. The highest BCUT2D eigenvalue weighted by Crippen LogP contribution is 2.32. The smallest absolute Gasteiger partial charge is 0.233 e. The summed E-state index contributed by atoms with van der Waals surface area (Å²) < 4.78 is 31.0. The Morgan fingerprint density at radius 2 is 1.92 bits per heavy atom. The molecule has 1 aromatic heterocycles. The second-order valence-corrected chi connectivity index (χ2v) is 10.3. The van der Waals surface area contributed by atoms with E-state index in [1.807, 2.05) is 41.5 Å². The van der Waals surface area contributed by atoms with E-state index < -0.39 is 21.9 Å². The van der Waals surface area contributed by atoms with E-state index in [-0.39, 0.29) is 17.9 Å². The molecule has 0 amide bonds. The predicted octanol–water partition coefficient (Wildman–Crippen LogP) is 4.95. The number of nitrogens with zero attached hydrogens (tertiary/aromatic N) is 1. The number of halogens is 2. The third kappa shape index (κ3) is 4.27. The van der Waals surface area contributed by atoms with Gasteiger partial charge in [-0.05, 0) is 61.3 Å². The van der Waals surface area contributed by atoms with Crippen LogP contribution in [-0.2, 0) is 11.4 Å². The van der Waals surface area contributed by atoms with E-state index in [0.717, 1.165) is 5.56 Å². The number of carbonyl (C=O) groups excluding carboxylic acids is 1. The molecule has 0 aliphatic rings. The molecule has 0 fully saturated rings. The van der Waals surface area contributed by atoms with Crippen LogP contribution in [0.4, 0.5) is 4.39 Å². The van der Waals surface area contributed by atoms with Gasteiger partial charge in [-0.25, -0.2) is 4.39 Å². The lowest BCUT2D eigenvalue weighted by atomic mass is 10.1. The van der Waals surface area contributed by atoms with Crippen molar-refractivity contribution in [2.75, 3.05) is 0 Å². The average Bonchev–Trinajstić information content (AvgIpc) is 2.84. The first-order valence-electron chi connectivity index (χ1n) is 8.15. The van der Waals surface area contributed by atoms with Gasteiger partial charge in [-0.1, -0.05) is 13.8 Å². The lowest BCUT2D eigenvalue weighted by Gasteiger charge is -2.26. The van der Waals surface area contributed by atoms with Crippen LogP contribution in [0.3, 0.4) is 0 Å². The zero-order valence-electron chi connectivity index (χ0n) is 15.3. The monoisotopic (exact) mass is 430 g/mol. The van der Waals surface area contributed by atoms with Crippen LogP contribution in [-0.4, -0.2) is 19.8 Å². The Morgan fingerprint density at radius 3 is 2.44 bits per heavy atom. The van der Waals surface area contributed by atoms with Crippen molar-refractivity contribution in [3.05, 3.63) is 34.2 Å². The van der Waals surface area contributed by atoms with Gasteiger partial charge in [0.25, 0.3) is 0 Å². The summed E-state index contributed by atoms with van der Waals surface area (Å²) in [6, 6.07) is 2.73. The van der Waals surface area contributed by atoms with Crippen molar-refractivity contribution in [1.82, 2.24) is 9.29 Å². The molecule has 1 heterocycles.